The van der Waals surface area contributed by atoms with Crippen molar-refractivity contribution in [1.29, 1.82) is 0 Å². The highest BCUT2D eigenvalue weighted by Crippen LogP contribution is 2.20. The summed E-state index contributed by atoms with van der Waals surface area (Å²) < 4.78 is 13.0. The number of rotatable bonds is 7. The predicted octanol–water partition coefficient (Wildman–Crippen LogP) is 2.27. The highest BCUT2D eigenvalue weighted by molar-refractivity contribution is 5.89. The van der Waals surface area contributed by atoms with Gasteiger partial charge in [-0.2, -0.15) is 4.98 Å². The van der Waals surface area contributed by atoms with E-state index in [0.717, 1.165) is 5.56 Å². The number of carbonyl (C=O) groups excluding carboxylic acids is 1. The molecule has 2 aromatic carbocycles. The molecule has 9 nitrogen and oxygen atoms in total. The number of aromatic nitrogens is 4. The van der Waals surface area contributed by atoms with Crippen molar-refractivity contribution >= 4 is 23.1 Å². The highest BCUT2D eigenvalue weighted by Gasteiger charge is 2.17. The van der Waals surface area contributed by atoms with E-state index < -0.39 is 17.6 Å². The number of H-pyrrole nitrogens is 1. The minimum absolute atomic E-state index is 0.00866. The molecule has 0 bridgehead atoms. The Kier molecular flexibility index (Phi) is 5.53. The maximum atomic E-state index is 12.3. The zero-order valence-corrected chi connectivity index (χ0v) is 15.9. The molecule has 3 N–H and O–H groups in total. The molecule has 30 heavy (non-hydrogen) atoms. The molecule has 2 aromatic heterocycles. The number of hydrogen-bond acceptors (Lipinski definition) is 7. The number of anilines is 1. The van der Waals surface area contributed by atoms with Crippen LogP contribution in [0.2, 0.25) is 0 Å². The molecule has 0 amide bonds. The Morgan fingerprint density at radius 1 is 1.10 bits per heavy atom. The van der Waals surface area contributed by atoms with Crippen LogP contribution in [0.4, 0.5) is 5.95 Å². The molecule has 152 valence electrons. The van der Waals surface area contributed by atoms with Crippen LogP contribution < -0.4 is 11.3 Å². The van der Waals surface area contributed by atoms with E-state index in [1.54, 1.807) is 28.8 Å². The van der Waals surface area contributed by atoms with Crippen molar-refractivity contribution in [2.75, 3.05) is 12.3 Å². The first-order valence-electron chi connectivity index (χ1n) is 9.21. The van der Waals surface area contributed by atoms with Gasteiger partial charge in [0.2, 0.25) is 5.95 Å². The molecular formula is C21H19N5O4. The summed E-state index contributed by atoms with van der Waals surface area (Å²) in [5, 5.41) is 0. The van der Waals surface area contributed by atoms with Gasteiger partial charge in [-0.3, -0.25) is 14.3 Å². The molecule has 0 unspecified atom stereocenters. The van der Waals surface area contributed by atoms with Gasteiger partial charge in [-0.25, -0.2) is 9.78 Å². The van der Waals surface area contributed by atoms with Gasteiger partial charge in [0.15, 0.2) is 11.2 Å². The van der Waals surface area contributed by atoms with E-state index in [2.05, 4.69) is 15.0 Å². The fourth-order valence-electron chi connectivity index (χ4n) is 2.95. The fourth-order valence-corrected chi connectivity index (χ4v) is 2.95. The Morgan fingerprint density at radius 2 is 1.80 bits per heavy atom. The van der Waals surface area contributed by atoms with E-state index in [4.69, 9.17) is 15.2 Å². The minimum atomic E-state index is -0.532. The molecule has 4 aromatic rings. The third-order valence-electron chi connectivity index (χ3n) is 4.45. The molecule has 1 atom stereocenters. The Balaban J connectivity index is 1.51. The summed E-state index contributed by atoms with van der Waals surface area (Å²) in [6, 6.07) is 18.1. The summed E-state index contributed by atoms with van der Waals surface area (Å²) in [6.45, 7) is 0.0510. The van der Waals surface area contributed by atoms with Gasteiger partial charge < -0.3 is 15.2 Å². The van der Waals surface area contributed by atoms with Crippen molar-refractivity contribution in [3.63, 3.8) is 0 Å². The number of hydrogen-bond donors (Lipinski definition) is 2. The second-order valence-corrected chi connectivity index (χ2v) is 6.50. The zero-order valence-electron chi connectivity index (χ0n) is 15.9. The molecule has 9 heteroatoms. The third-order valence-corrected chi connectivity index (χ3v) is 4.45. The van der Waals surface area contributed by atoms with Gasteiger partial charge in [0, 0.05) is 0 Å². The molecule has 0 saturated carbocycles. The number of esters is 1. The first-order valence-corrected chi connectivity index (χ1v) is 9.21. The van der Waals surface area contributed by atoms with Crippen LogP contribution in [0, 0.1) is 0 Å². The zero-order chi connectivity index (χ0) is 20.9. The molecule has 0 aliphatic rings. The summed E-state index contributed by atoms with van der Waals surface area (Å²) >= 11 is 0. The Bertz CT molecular complexity index is 1200. The molecule has 4 rings (SSSR count). The first kappa shape index (κ1) is 19.3. The number of ether oxygens (including phenoxy) is 2. The Morgan fingerprint density at radius 3 is 2.53 bits per heavy atom. The Hall–Kier alpha value is -3.98. The normalized spacial score (nSPS) is 12.0. The van der Waals surface area contributed by atoms with Crippen LogP contribution in [0.3, 0.4) is 0 Å². The van der Waals surface area contributed by atoms with Gasteiger partial charge in [-0.1, -0.05) is 48.5 Å². The molecule has 0 fully saturated rings. The van der Waals surface area contributed by atoms with E-state index in [-0.39, 0.29) is 24.8 Å². The van der Waals surface area contributed by atoms with Gasteiger partial charge in [0.25, 0.3) is 5.56 Å². The van der Waals surface area contributed by atoms with E-state index in [9.17, 15) is 9.59 Å². The average Bonchev–Trinajstić information content (AvgIpc) is 3.18. The standard InChI is InChI=1S/C21H19N5O4/c22-21-24-18-17(19(27)25-21)23-12-26(18)13-30-16(14-7-3-1-4-8-14)11-29-20(28)15-9-5-2-6-10-15/h1-10,12,16H,11,13H2,(H3,22,24,25,27)/t16-/m1/s1. The lowest BCUT2D eigenvalue weighted by Gasteiger charge is -2.19. The lowest BCUT2D eigenvalue weighted by molar-refractivity contribution is -0.0353. The van der Waals surface area contributed by atoms with Gasteiger partial charge in [-0.05, 0) is 17.7 Å². The number of imidazole rings is 1. The van der Waals surface area contributed by atoms with Crippen molar-refractivity contribution < 1.29 is 14.3 Å². The topological polar surface area (TPSA) is 125 Å². The van der Waals surface area contributed by atoms with Crippen LogP contribution in [-0.2, 0) is 16.2 Å². The van der Waals surface area contributed by atoms with Crippen LogP contribution in [0.1, 0.15) is 22.0 Å². The van der Waals surface area contributed by atoms with Gasteiger partial charge >= 0.3 is 5.97 Å². The second kappa shape index (κ2) is 8.58. The van der Waals surface area contributed by atoms with Gasteiger partial charge in [0.1, 0.15) is 19.4 Å². The van der Waals surface area contributed by atoms with Crippen molar-refractivity contribution in [3.8, 4) is 0 Å². The number of fused-ring (bicyclic) bond motifs is 1. The van der Waals surface area contributed by atoms with Crippen molar-refractivity contribution in [3.05, 3.63) is 88.5 Å². The monoisotopic (exact) mass is 405 g/mol. The van der Waals surface area contributed by atoms with Crippen molar-refractivity contribution in [2.45, 2.75) is 12.8 Å². The minimum Gasteiger partial charge on any atom is -0.459 e. The maximum absolute atomic E-state index is 12.3. The number of nitrogens with one attached hydrogen (secondary N) is 1. The molecule has 0 aliphatic heterocycles. The summed E-state index contributed by atoms with van der Waals surface area (Å²) in [5.41, 5.74) is 6.99. The number of nitrogen functional groups attached to an aromatic ring is 1. The number of benzene rings is 2. The van der Waals surface area contributed by atoms with E-state index in [0.29, 0.717) is 11.2 Å². The van der Waals surface area contributed by atoms with E-state index in [1.807, 2.05) is 36.4 Å². The lowest BCUT2D eigenvalue weighted by Crippen LogP contribution is -2.18. The van der Waals surface area contributed by atoms with Crippen LogP contribution in [-0.4, -0.2) is 32.1 Å². The molecule has 0 spiro atoms. The average molecular weight is 405 g/mol. The van der Waals surface area contributed by atoms with E-state index >= 15 is 0 Å². The number of carbonyl (C=O) groups is 1. The van der Waals surface area contributed by atoms with Gasteiger partial charge in [-0.15, -0.1) is 0 Å². The molecule has 0 saturated heterocycles. The van der Waals surface area contributed by atoms with Crippen LogP contribution >= 0.6 is 0 Å². The smallest absolute Gasteiger partial charge is 0.338 e. The van der Waals surface area contributed by atoms with Crippen LogP contribution in [0.5, 0.6) is 0 Å². The molecule has 2 heterocycles. The van der Waals surface area contributed by atoms with Crippen molar-refractivity contribution in [2.24, 2.45) is 0 Å². The summed E-state index contributed by atoms with van der Waals surface area (Å²) in [5.74, 6) is -0.445. The molecule has 0 radical (unpaired) electrons. The number of nitrogens with two attached hydrogens (primary N) is 1. The number of nitrogens with zero attached hydrogens (tertiary/aromatic N) is 3. The second-order valence-electron chi connectivity index (χ2n) is 6.50. The quantitative estimate of drug-likeness (QED) is 0.452. The molecular weight excluding hydrogens is 386 g/mol. The molecule has 0 aliphatic carbocycles. The first-order chi connectivity index (χ1) is 14.6. The SMILES string of the molecule is Nc1nc2c(ncn2CO[C@H](COC(=O)c2ccccc2)c2ccccc2)c(=O)[nH]1. The largest absolute Gasteiger partial charge is 0.459 e. The fraction of sp³-hybridized carbons (Fsp3) is 0.143. The number of aromatic amines is 1. The Labute approximate surface area is 171 Å². The summed E-state index contributed by atoms with van der Waals surface area (Å²) in [4.78, 5) is 34.8. The highest BCUT2D eigenvalue weighted by atomic mass is 16.6. The van der Waals surface area contributed by atoms with Gasteiger partial charge in [0.05, 0.1) is 11.9 Å². The maximum Gasteiger partial charge on any atom is 0.338 e. The van der Waals surface area contributed by atoms with Crippen molar-refractivity contribution in [1.82, 2.24) is 19.5 Å². The predicted molar refractivity (Wildman–Crippen MR) is 110 cm³/mol. The lowest BCUT2D eigenvalue weighted by atomic mass is 10.1. The summed E-state index contributed by atoms with van der Waals surface area (Å²) in [7, 11) is 0. The summed E-state index contributed by atoms with van der Waals surface area (Å²) in [6.07, 6.45) is 0.917. The van der Waals surface area contributed by atoms with E-state index in [1.165, 1.54) is 6.33 Å². The van der Waals surface area contributed by atoms with Crippen LogP contribution in [0.15, 0.2) is 71.8 Å². The van der Waals surface area contributed by atoms with Crippen LogP contribution in [0.25, 0.3) is 11.2 Å². The third kappa shape index (κ3) is 4.20.